The van der Waals surface area contributed by atoms with Gasteiger partial charge < -0.3 is 20.9 Å². The second kappa shape index (κ2) is 11.4. The van der Waals surface area contributed by atoms with Crippen LogP contribution in [0.25, 0.3) is 11.1 Å². The van der Waals surface area contributed by atoms with Crippen LogP contribution in [0.2, 0.25) is 0 Å². The molecule has 4 rings (SSSR count). The van der Waals surface area contributed by atoms with Crippen LogP contribution in [-0.4, -0.2) is 35.3 Å². The van der Waals surface area contributed by atoms with Gasteiger partial charge in [-0.25, -0.2) is 4.98 Å². The number of amides is 1. The standard InChI is InChI=1S/C29H35N3O3/c1-19-11-12-25(14-20(19)2)35-18-23-9-4-10-27(23)32-29(34)26-16-24(17-31-28(26)30)22-8-3-6-21(15-22)7-5-13-33/h3,6,8,11-12,14-17,23,27,33H,4-5,7,9-10,13,18H2,1-2H3,(H2,30,31)(H,32,34)/t23-,27+/m1/s1. The first-order chi connectivity index (χ1) is 16.9. The third-order valence-corrected chi connectivity index (χ3v) is 6.97. The fourth-order valence-electron chi connectivity index (χ4n) is 4.68. The average Bonchev–Trinajstić information content (AvgIpc) is 3.30. The van der Waals surface area contributed by atoms with Crippen LogP contribution in [-0.2, 0) is 6.42 Å². The molecule has 0 saturated heterocycles. The van der Waals surface area contributed by atoms with Crippen LogP contribution in [0.1, 0.15) is 52.7 Å². The van der Waals surface area contributed by atoms with E-state index < -0.39 is 0 Å². The number of nitrogens with one attached hydrogen (secondary N) is 1. The summed E-state index contributed by atoms with van der Waals surface area (Å²) in [6.07, 6.45) is 6.21. The number of nitrogens with two attached hydrogens (primary N) is 1. The van der Waals surface area contributed by atoms with Gasteiger partial charge in [0.25, 0.3) is 5.91 Å². The Hall–Kier alpha value is -3.38. The van der Waals surface area contributed by atoms with Crippen molar-refractivity contribution >= 4 is 11.7 Å². The van der Waals surface area contributed by atoms with Gasteiger partial charge in [0, 0.05) is 30.3 Å². The number of aliphatic hydroxyl groups excluding tert-OH is 1. The fourth-order valence-corrected chi connectivity index (χ4v) is 4.68. The molecular formula is C29H35N3O3. The van der Waals surface area contributed by atoms with Gasteiger partial charge in [-0.15, -0.1) is 0 Å². The number of hydrogen-bond acceptors (Lipinski definition) is 5. The van der Waals surface area contributed by atoms with Gasteiger partial charge in [0.05, 0.1) is 12.2 Å². The molecule has 2 atom stereocenters. The van der Waals surface area contributed by atoms with E-state index in [-0.39, 0.29) is 30.3 Å². The molecule has 1 aromatic heterocycles. The first-order valence-electron chi connectivity index (χ1n) is 12.4. The van der Waals surface area contributed by atoms with Crippen molar-refractivity contribution < 1.29 is 14.6 Å². The Bertz CT molecular complexity index is 1180. The lowest BCUT2D eigenvalue weighted by Gasteiger charge is -2.22. The fraction of sp³-hybridized carbons (Fsp3) is 0.379. The summed E-state index contributed by atoms with van der Waals surface area (Å²) in [5.74, 6) is 1.15. The molecule has 184 valence electrons. The molecule has 0 radical (unpaired) electrons. The number of carbonyl (C=O) groups excluding carboxylic acids is 1. The monoisotopic (exact) mass is 473 g/mol. The maximum atomic E-state index is 13.2. The molecule has 4 N–H and O–H groups in total. The Morgan fingerprint density at radius 2 is 1.97 bits per heavy atom. The van der Waals surface area contributed by atoms with Crippen molar-refractivity contribution in [3.63, 3.8) is 0 Å². The third-order valence-electron chi connectivity index (χ3n) is 6.97. The van der Waals surface area contributed by atoms with E-state index in [1.54, 1.807) is 6.20 Å². The van der Waals surface area contributed by atoms with Crippen molar-refractivity contribution in [2.24, 2.45) is 5.92 Å². The molecule has 3 aromatic rings. The van der Waals surface area contributed by atoms with Crippen molar-refractivity contribution in [3.05, 3.63) is 77.0 Å². The largest absolute Gasteiger partial charge is 0.493 e. The molecule has 0 aliphatic heterocycles. The molecular weight excluding hydrogens is 438 g/mol. The molecule has 2 aromatic carbocycles. The van der Waals surface area contributed by atoms with Crippen molar-refractivity contribution in [3.8, 4) is 16.9 Å². The van der Waals surface area contributed by atoms with Crippen LogP contribution in [0.15, 0.2) is 54.7 Å². The van der Waals surface area contributed by atoms with Gasteiger partial charge in [-0.3, -0.25) is 4.79 Å². The molecule has 35 heavy (non-hydrogen) atoms. The number of aryl methyl sites for hydroxylation is 3. The van der Waals surface area contributed by atoms with Gasteiger partial charge in [0.1, 0.15) is 11.6 Å². The lowest BCUT2D eigenvalue weighted by atomic mass is 10.0. The molecule has 0 unspecified atom stereocenters. The predicted octanol–water partition coefficient (Wildman–Crippen LogP) is 4.85. The molecule has 1 aliphatic rings. The van der Waals surface area contributed by atoms with Crippen LogP contribution in [0, 0.1) is 19.8 Å². The molecule has 1 fully saturated rings. The Labute approximate surface area is 207 Å². The third kappa shape index (κ3) is 6.20. The highest BCUT2D eigenvalue weighted by molar-refractivity contribution is 5.99. The number of carbonyl (C=O) groups is 1. The second-order valence-electron chi connectivity index (χ2n) is 9.51. The molecule has 6 nitrogen and oxygen atoms in total. The van der Waals surface area contributed by atoms with E-state index in [0.29, 0.717) is 18.6 Å². The zero-order valence-electron chi connectivity index (χ0n) is 20.6. The Morgan fingerprint density at radius 3 is 2.77 bits per heavy atom. The van der Waals surface area contributed by atoms with Gasteiger partial charge in [-0.05, 0) is 80.0 Å². The zero-order chi connectivity index (χ0) is 24.8. The van der Waals surface area contributed by atoms with E-state index in [2.05, 4.69) is 42.3 Å². The molecule has 1 aliphatic carbocycles. The molecule has 0 spiro atoms. The number of rotatable bonds is 9. The smallest absolute Gasteiger partial charge is 0.255 e. The zero-order valence-corrected chi connectivity index (χ0v) is 20.6. The van der Waals surface area contributed by atoms with E-state index in [1.807, 2.05) is 30.3 Å². The maximum Gasteiger partial charge on any atom is 0.255 e. The number of nitrogen functional groups attached to an aromatic ring is 1. The molecule has 1 saturated carbocycles. The Morgan fingerprint density at radius 1 is 1.11 bits per heavy atom. The van der Waals surface area contributed by atoms with E-state index in [0.717, 1.165) is 48.1 Å². The Kier molecular flexibility index (Phi) is 8.03. The summed E-state index contributed by atoms with van der Waals surface area (Å²) in [7, 11) is 0. The summed E-state index contributed by atoms with van der Waals surface area (Å²) in [4.78, 5) is 17.5. The van der Waals surface area contributed by atoms with Crippen LogP contribution in [0.5, 0.6) is 5.75 Å². The van der Waals surface area contributed by atoms with Crippen molar-refractivity contribution in [1.29, 1.82) is 0 Å². The summed E-state index contributed by atoms with van der Waals surface area (Å²) >= 11 is 0. The summed E-state index contributed by atoms with van der Waals surface area (Å²) < 4.78 is 6.08. The highest BCUT2D eigenvalue weighted by atomic mass is 16.5. The van der Waals surface area contributed by atoms with Crippen LogP contribution in [0.3, 0.4) is 0 Å². The summed E-state index contributed by atoms with van der Waals surface area (Å²) in [6.45, 7) is 4.90. The maximum absolute atomic E-state index is 13.2. The highest BCUT2D eigenvalue weighted by Crippen LogP contribution is 2.29. The second-order valence-corrected chi connectivity index (χ2v) is 9.51. The minimum absolute atomic E-state index is 0.0407. The van der Waals surface area contributed by atoms with Gasteiger partial charge >= 0.3 is 0 Å². The quantitative estimate of drug-likeness (QED) is 0.413. The van der Waals surface area contributed by atoms with Crippen molar-refractivity contribution in [1.82, 2.24) is 10.3 Å². The van der Waals surface area contributed by atoms with Crippen LogP contribution >= 0.6 is 0 Å². The SMILES string of the molecule is Cc1ccc(OC[C@H]2CCC[C@@H]2NC(=O)c2cc(-c3cccc(CCCO)c3)cnc2N)cc1C. The van der Waals surface area contributed by atoms with Gasteiger partial charge in [0.2, 0.25) is 0 Å². The Balaban J connectivity index is 1.43. The van der Waals surface area contributed by atoms with Crippen LogP contribution < -0.4 is 15.8 Å². The number of benzene rings is 2. The van der Waals surface area contributed by atoms with Crippen molar-refractivity contribution in [2.45, 2.75) is 52.0 Å². The number of ether oxygens (including phenoxy) is 1. The summed E-state index contributed by atoms with van der Waals surface area (Å²) in [5, 5.41) is 12.3. The van der Waals surface area contributed by atoms with Gasteiger partial charge in [-0.1, -0.05) is 36.8 Å². The first kappa shape index (κ1) is 24.7. The van der Waals surface area contributed by atoms with Gasteiger partial charge in [0.15, 0.2) is 0 Å². The lowest BCUT2D eigenvalue weighted by molar-refractivity contribution is 0.0919. The number of aliphatic hydroxyl groups is 1. The molecule has 1 heterocycles. The average molecular weight is 474 g/mol. The predicted molar refractivity (Wildman–Crippen MR) is 139 cm³/mol. The van der Waals surface area contributed by atoms with Crippen molar-refractivity contribution in [2.75, 3.05) is 18.9 Å². The minimum Gasteiger partial charge on any atom is -0.493 e. The van der Waals surface area contributed by atoms with E-state index in [4.69, 9.17) is 15.6 Å². The van der Waals surface area contributed by atoms with E-state index in [9.17, 15) is 4.79 Å². The normalized spacial score (nSPS) is 17.3. The highest BCUT2D eigenvalue weighted by Gasteiger charge is 2.30. The lowest BCUT2D eigenvalue weighted by Crippen LogP contribution is -2.39. The number of aromatic nitrogens is 1. The first-order valence-corrected chi connectivity index (χ1v) is 12.4. The molecule has 1 amide bonds. The number of anilines is 1. The summed E-state index contributed by atoms with van der Waals surface area (Å²) in [5.41, 5.74) is 11.9. The topological polar surface area (TPSA) is 97.5 Å². The number of hydrogen-bond donors (Lipinski definition) is 3. The van der Waals surface area contributed by atoms with Gasteiger partial charge in [-0.2, -0.15) is 0 Å². The number of nitrogens with zero attached hydrogens (tertiary/aromatic N) is 1. The number of pyridine rings is 1. The summed E-state index contributed by atoms with van der Waals surface area (Å²) in [6, 6.07) is 16.1. The van der Waals surface area contributed by atoms with E-state index in [1.165, 1.54) is 11.1 Å². The molecule has 0 bridgehead atoms. The van der Waals surface area contributed by atoms with E-state index >= 15 is 0 Å². The minimum atomic E-state index is -0.198. The van der Waals surface area contributed by atoms with Crippen LogP contribution in [0.4, 0.5) is 5.82 Å². The molecule has 6 heteroatoms.